The van der Waals surface area contributed by atoms with E-state index in [1.807, 2.05) is 13.0 Å². The number of carbonyl (C=O) groups is 1. The highest BCUT2D eigenvalue weighted by Gasteiger charge is 2.45. The first-order valence-electron chi connectivity index (χ1n) is 15.1. The molecule has 1 unspecified atom stereocenters. The molecule has 13 heteroatoms. The lowest BCUT2D eigenvalue weighted by molar-refractivity contribution is 0.0240. The van der Waals surface area contributed by atoms with Crippen LogP contribution in [0.5, 0.6) is 5.88 Å². The van der Waals surface area contributed by atoms with E-state index < -0.39 is 19.5 Å². The number of fused-ring (bicyclic) bond motifs is 1. The van der Waals surface area contributed by atoms with Gasteiger partial charge in [-0.2, -0.15) is 5.26 Å². The van der Waals surface area contributed by atoms with Crippen molar-refractivity contribution in [1.29, 1.82) is 5.26 Å². The van der Waals surface area contributed by atoms with Gasteiger partial charge in [0.2, 0.25) is 11.8 Å². The third kappa shape index (κ3) is 6.88. The third-order valence-electron chi connectivity index (χ3n) is 8.97. The van der Waals surface area contributed by atoms with Gasteiger partial charge in [0.1, 0.15) is 29.7 Å². The zero-order valence-corrected chi connectivity index (χ0v) is 27.7. The van der Waals surface area contributed by atoms with Gasteiger partial charge in [0.25, 0.3) is 0 Å². The van der Waals surface area contributed by atoms with Crippen LogP contribution in [0.25, 0.3) is 11.3 Å². The first kappa shape index (κ1) is 32.5. The molecule has 4 heterocycles. The maximum Gasteiger partial charge on any atom is 0.329 e. The van der Waals surface area contributed by atoms with E-state index >= 15 is 4.39 Å². The van der Waals surface area contributed by atoms with Crippen LogP contribution < -0.4 is 14.9 Å². The van der Waals surface area contributed by atoms with Crippen LogP contribution >= 0.6 is 0 Å². The van der Waals surface area contributed by atoms with Crippen molar-refractivity contribution in [3.63, 3.8) is 0 Å². The van der Waals surface area contributed by atoms with Gasteiger partial charge in [-0.25, -0.2) is 19.3 Å². The number of halogens is 1. The summed E-state index contributed by atoms with van der Waals surface area (Å²) >= 11 is 0. The second kappa shape index (κ2) is 12.9. The number of ether oxygens (including phenoxy) is 2. The molecule has 0 spiro atoms. The second-order valence-electron chi connectivity index (χ2n) is 13.4. The summed E-state index contributed by atoms with van der Waals surface area (Å²) in [6, 6.07) is 9.26. The highest BCUT2D eigenvalue weighted by molar-refractivity contribution is 6.74. The zero-order chi connectivity index (χ0) is 32.4. The van der Waals surface area contributed by atoms with Gasteiger partial charge >= 0.3 is 7.41 Å². The quantitative estimate of drug-likeness (QED) is 0.219. The van der Waals surface area contributed by atoms with Crippen molar-refractivity contribution in [2.24, 2.45) is 0 Å². The van der Waals surface area contributed by atoms with E-state index in [1.165, 1.54) is 7.41 Å². The molecule has 1 radical (unpaired) electrons. The molecule has 3 aromatic rings. The maximum absolute atomic E-state index is 15.4. The number of anilines is 3. The number of rotatable bonds is 10. The molecule has 0 saturated carbocycles. The molecule has 1 atom stereocenters. The topological polar surface area (TPSA) is 122 Å². The Hall–Kier alpha value is -3.86. The molecule has 0 amide bonds. The summed E-state index contributed by atoms with van der Waals surface area (Å²) in [5.74, 6) is -0.0925. The number of hydrogen-bond acceptors (Lipinski definition) is 10. The first-order valence-corrected chi connectivity index (χ1v) is 18.0. The van der Waals surface area contributed by atoms with Gasteiger partial charge in [-0.15, -0.1) is 0 Å². The Morgan fingerprint density at radius 1 is 1.29 bits per heavy atom. The summed E-state index contributed by atoms with van der Waals surface area (Å²) in [7, 11) is -0.698. The highest BCUT2D eigenvalue weighted by atomic mass is 28.4. The Balaban J connectivity index is 1.50. The fraction of sp³-hybridized carbons (Fsp3) is 0.469. The Morgan fingerprint density at radius 2 is 2.04 bits per heavy atom. The molecule has 10 nitrogen and oxygen atoms in total. The molecule has 2 aromatic heterocycles. The molecule has 235 valence electrons. The van der Waals surface area contributed by atoms with E-state index in [1.54, 1.807) is 29.2 Å². The fourth-order valence-corrected chi connectivity index (χ4v) is 6.44. The highest BCUT2D eigenvalue weighted by Crippen LogP contribution is 2.46. The van der Waals surface area contributed by atoms with Crippen molar-refractivity contribution >= 4 is 39.2 Å². The van der Waals surface area contributed by atoms with Crippen molar-refractivity contribution in [3.05, 3.63) is 53.6 Å². The zero-order valence-electron chi connectivity index (χ0n) is 26.7. The molecule has 1 saturated heterocycles. The standard InChI is InChI=1S/C32H39BFN6O4Si/c1-31(2,3)45(5,6)43-19-32(4)18-40(33-20-41)28-22(16-35)14-21(15-24(28)32)27-25(34)17-37-30(39-27)38-26-8-7-11-36-29(26)44-23-9-12-42-13-10-23/h7-8,11,14-15,17,20,23H,9-10,12-13,18-19H2,1-6H3,(H,37,38,39). The van der Waals surface area contributed by atoms with E-state index in [-0.39, 0.29) is 22.8 Å². The summed E-state index contributed by atoms with van der Waals surface area (Å²) in [4.78, 5) is 26.5. The van der Waals surface area contributed by atoms with Gasteiger partial charge in [0.15, 0.2) is 14.1 Å². The number of pyridine rings is 1. The molecule has 0 bridgehead atoms. The Bertz CT molecular complexity index is 1610. The minimum absolute atomic E-state index is 0.00342. The predicted molar refractivity (Wildman–Crippen MR) is 174 cm³/mol. The van der Waals surface area contributed by atoms with E-state index in [0.29, 0.717) is 60.9 Å². The monoisotopic (exact) mass is 629 g/mol. The minimum Gasteiger partial charge on any atom is -0.473 e. The molecule has 45 heavy (non-hydrogen) atoms. The van der Waals surface area contributed by atoms with Gasteiger partial charge in [0, 0.05) is 48.9 Å². The predicted octanol–water partition coefficient (Wildman–Crippen LogP) is 5.76. The third-order valence-corrected chi connectivity index (χ3v) is 13.4. The van der Waals surface area contributed by atoms with Crippen molar-refractivity contribution in [2.45, 2.75) is 70.2 Å². The first-order chi connectivity index (χ1) is 21.3. The van der Waals surface area contributed by atoms with Crippen LogP contribution in [0.3, 0.4) is 0 Å². The Morgan fingerprint density at radius 3 is 2.73 bits per heavy atom. The summed E-state index contributed by atoms with van der Waals surface area (Å²) in [6.45, 7) is 15.0. The van der Waals surface area contributed by atoms with Crippen LogP contribution in [0.4, 0.5) is 21.7 Å². The molecular formula is C32H39BFN6O4Si. The summed E-state index contributed by atoms with van der Waals surface area (Å²) in [5, 5.41) is 13.3. The number of nitriles is 1. The SMILES string of the molecule is CC1(CO[Si](C)(C)C(C)(C)C)CN([B]C=O)c2c(C#N)cc(-c3nc(Nc4cccnc4OC4CCOCC4)ncc3F)cc21. The lowest BCUT2D eigenvalue weighted by Gasteiger charge is -2.39. The largest absolute Gasteiger partial charge is 0.473 e. The van der Waals surface area contributed by atoms with Crippen LogP contribution in [-0.2, 0) is 19.4 Å². The normalized spacial score (nSPS) is 18.7. The van der Waals surface area contributed by atoms with Gasteiger partial charge in [0.05, 0.1) is 25.0 Å². The minimum atomic E-state index is -2.13. The Kier molecular flexibility index (Phi) is 9.30. The smallest absolute Gasteiger partial charge is 0.329 e. The fourth-order valence-electron chi connectivity index (χ4n) is 5.33. The number of aromatic nitrogens is 3. The number of hydrogen-bond donors (Lipinski definition) is 1. The van der Waals surface area contributed by atoms with Crippen LogP contribution in [0.1, 0.15) is 51.7 Å². The summed E-state index contributed by atoms with van der Waals surface area (Å²) in [5.41, 5.74) is 2.14. The maximum atomic E-state index is 15.4. The molecule has 1 N–H and O–H groups in total. The molecule has 2 aliphatic heterocycles. The lowest BCUT2D eigenvalue weighted by atomic mass is 9.83. The summed E-state index contributed by atoms with van der Waals surface area (Å²) < 4.78 is 33.6. The molecule has 0 aliphatic carbocycles. The number of nitrogens with one attached hydrogen (secondary N) is 1. The second-order valence-corrected chi connectivity index (χ2v) is 18.2. The molecule has 5 rings (SSSR count). The van der Waals surface area contributed by atoms with Crippen molar-refractivity contribution in [2.75, 3.05) is 36.5 Å². The average Bonchev–Trinajstić information content (AvgIpc) is 3.29. The molecular weight excluding hydrogens is 590 g/mol. The van der Waals surface area contributed by atoms with Gasteiger partial charge in [-0.05, 0) is 48.0 Å². The van der Waals surface area contributed by atoms with Gasteiger partial charge in [-0.3, -0.25) is 0 Å². The number of nitrogens with zero attached hydrogens (tertiary/aromatic N) is 5. The van der Waals surface area contributed by atoms with Crippen LogP contribution in [0.2, 0.25) is 18.1 Å². The van der Waals surface area contributed by atoms with Gasteiger partial charge in [-0.1, -0.05) is 27.7 Å². The average molecular weight is 630 g/mol. The number of benzene rings is 1. The van der Waals surface area contributed by atoms with E-state index in [4.69, 9.17) is 13.9 Å². The van der Waals surface area contributed by atoms with Crippen molar-refractivity contribution < 1.29 is 23.1 Å². The van der Waals surface area contributed by atoms with E-state index in [2.05, 4.69) is 60.2 Å². The van der Waals surface area contributed by atoms with Gasteiger partial charge < -0.3 is 28.8 Å². The lowest BCUT2D eigenvalue weighted by Crippen LogP contribution is -2.46. The number of carbonyl (C=O) groups excluding carboxylic acids is 1. The molecule has 1 aromatic carbocycles. The molecule has 2 aliphatic rings. The van der Waals surface area contributed by atoms with Crippen LogP contribution in [0.15, 0.2) is 36.7 Å². The Labute approximate surface area is 265 Å². The molecule has 1 fully saturated rings. The van der Waals surface area contributed by atoms with Crippen molar-refractivity contribution in [1.82, 2.24) is 15.0 Å². The van der Waals surface area contributed by atoms with Crippen LogP contribution in [0, 0.1) is 17.1 Å². The summed E-state index contributed by atoms with van der Waals surface area (Å²) in [6.07, 6.45) is 4.94. The van der Waals surface area contributed by atoms with E-state index in [9.17, 15) is 10.1 Å². The van der Waals surface area contributed by atoms with Crippen LogP contribution in [-0.4, -0.2) is 69.3 Å². The van der Waals surface area contributed by atoms with Crippen molar-refractivity contribution in [3.8, 4) is 23.2 Å². The van der Waals surface area contributed by atoms with E-state index in [0.717, 1.165) is 24.6 Å².